The predicted octanol–water partition coefficient (Wildman–Crippen LogP) is 4.89. The number of nitrogens with one attached hydrogen (secondary N) is 1. The van der Waals surface area contributed by atoms with Gasteiger partial charge in [-0.2, -0.15) is 9.99 Å². The molecule has 2 N–H and O–H groups in total. The van der Waals surface area contributed by atoms with Crippen LogP contribution in [0.1, 0.15) is 5.56 Å². The van der Waals surface area contributed by atoms with Crippen molar-refractivity contribution in [1.82, 2.24) is 0 Å². The van der Waals surface area contributed by atoms with Crippen molar-refractivity contribution in [2.24, 2.45) is 15.3 Å². The summed E-state index contributed by atoms with van der Waals surface area (Å²) in [6.45, 7) is 0. The van der Waals surface area contributed by atoms with Gasteiger partial charge < -0.3 is 9.99 Å². The Hall–Kier alpha value is -3.71. The summed E-state index contributed by atoms with van der Waals surface area (Å²) in [5.41, 5.74) is 4.63. The predicted molar refractivity (Wildman–Crippen MR) is 103 cm³/mol. The summed E-state index contributed by atoms with van der Waals surface area (Å²) in [5.74, 6) is 0.861. The highest BCUT2D eigenvalue weighted by atomic mass is 17.2. The van der Waals surface area contributed by atoms with Gasteiger partial charge in [-0.1, -0.05) is 54.6 Å². The van der Waals surface area contributed by atoms with E-state index in [0.29, 0.717) is 23.0 Å². The molecule has 0 aliphatic carbocycles. The van der Waals surface area contributed by atoms with Crippen molar-refractivity contribution in [2.75, 3.05) is 12.5 Å². The van der Waals surface area contributed by atoms with Gasteiger partial charge in [0.05, 0.1) is 7.11 Å². The minimum absolute atomic E-state index is 0.0421. The summed E-state index contributed by atoms with van der Waals surface area (Å²) >= 11 is 0. The van der Waals surface area contributed by atoms with Gasteiger partial charge in [0.1, 0.15) is 17.1 Å². The zero-order valence-corrected chi connectivity index (χ0v) is 14.6. The summed E-state index contributed by atoms with van der Waals surface area (Å²) < 4.78 is 0. The number of para-hydroxylation sites is 3. The maximum absolute atomic E-state index is 9.86. The van der Waals surface area contributed by atoms with Crippen LogP contribution in [0.2, 0.25) is 0 Å². The maximum atomic E-state index is 9.86. The fraction of sp³-hybridized carbons (Fsp3) is 0.0500. The van der Waals surface area contributed by atoms with Gasteiger partial charge in [-0.15, -0.1) is 10.2 Å². The van der Waals surface area contributed by atoms with Gasteiger partial charge in [0, 0.05) is 5.56 Å². The highest BCUT2D eigenvalue weighted by Gasteiger charge is 2.06. The molecular weight excluding hydrogens is 344 g/mol. The number of phenolic OH excluding ortho intramolecular Hbond substituents is 1. The normalized spacial score (nSPS) is 11.5. The first-order chi connectivity index (χ1) is 13.3. The molecule has 0 heterocycles. The van der Waals surface area contributed by atoms with Crippen LogP contribution in [0.4, 0.5) is 11.4 Å². The van der Waals surface area contributed by atoms with Crippen LogP contribution < -0.4 is 10.3 Å². The summed E-state index contributed by atoms with van der Waals surface area (Å²) in [4.78, 5) is 9.82. The zero-order valence-electron chi connectivity index (χ0n) is 14.6. The molecule has 3 rings (SSSR count). The second-order valence-corrected chi connectivity index (χ2v) is 5.35. The van der Waals surface area contributed by atoms with E-state index in [0.717, 1.165) is 5.56 Å². The number of aromatic hydroxyl groups is 1. The zero-order chi connectivity index (χ0) is 18.9. The smallest absolute Gasteiger partial charge is 0.201 e. The molecule has 0 spiro atoms. The molecule has 3 aromatic carbocycles. The molecule has 0 saturated heterocycles. The van der Waals surface area contributed by atoms with E-state index in [4.69, 9.17) is 9.78 Å². The van der Waals surface area contributed by atoms with E-state index in [-0.39, 0.29) is 5.75 Å². The van der Waals surface area contributed by atoms with E-state index in [1.54, 1.807) is 36.4 Å². The Morgan fingerprint density at radius 3 is 2.37 bits per heavy atom. The number of hydrogen-bond acceptors (Lipinski definition) is 6. The van der Waals surface area contributed by atoms with Crippen LogP contribution in [0, 0.1) is 0 Å². The molecule has 7 heteroatoms. The SMILES string of the molecule is COOc1ccccc1N/N=C(\N=Nc1ccccc1O)c1ccccc1. The fourth-order valence-corrected chi connectivity index (χ4v) is 2.22. The van der Waals surface area contributed by atoms with Crippen LogP contribution in [-0.2, 0) is 4.89 Å². The molecule has 0 unspecified atom stereocenters. The highest BCUT2D eigenvalue weighted by Crippen LogP contribution is 2.26. The van der Waals surface area contributed by atoms with Crippen LogP contribution in [0.3, 0.4) is 0 Å². The highest BCUT2D eigenvalue weighted by molar-refractivity contribution is 5.99. The standard InChI is InChI=1S/C20H18N4O3/c1-26-27-19-14-8-6-12-17(19)22-24-20(15-9-3-2-4-10-15)23-21-16-11-5-7-13-18(16)25/h2-14,22,25H,1H3/b23-21?,24-20-. The molecular formula is C20H18N4O3. The Kier molecular flexibility index (Phi) is 6.11. The number of anilines is 1. The number of phenols is 1. The molecule has 7 nitrogen and oxygen atoms in total. The van der Waals surface area contributed by atoms with Gasteiger partial charge in [-0.3, -0.25) is 5.43 Å². The number of rotatable bonds is 6. The Balaban J connectivity index is 1.91. The van der Waals surface area contributed by atoms with Gasteiger partial charge in [-0.05, 0) is 24.3 Å². The molecule has 0 atom stereocenters. The number of benzene rings is 3. The van der Waals surface area contributed by atoms with E-state index in [9.17, 15) is 5.11 Å². The first-order valence-electron chi connectivity index (χ1n) is 8.16. The van der Waals surface area contributed by atoms with E-state index in [1.165, 1.54) is 7.11 Å². The first kappa shape index (κ1) is 18.1. The molecule has 0 aromatic heterocycles. The van der Waals surface area contributed by atoms with Crippen molar-refractivity contribution in [1.29, 1.82) is 0 Å². The number of azo groups is 1. The molecule has 0 aliphatic heterocycles. The third-order valence-electron chi connectivity index (χ3n) is 3.51. The van der Waals surface area contributed by atoms with Gasteiger partial charge in [-0.25, -0.2) is 0 Å². The van der Waals surface area contributed by atoms with Crippen molar-refractivity contribution in [3.05, 3.63) is 84.4 Å². The van der Waals surface area contributed by atoms with E-state index in [1.807, 2.05) is 42.5 Å². The fourth-order valence-electron chi connectivity index (χ4n) is 2.22. The van der Waals surface area contributed by atoms with Crippen molar-refractivity contribution < 1.29 is 14.9 Å². The number of amidine groups is 1. The lowest BCUT2D eigenvalue weighted by Crippen LogP contribution is -2.02. The maximum Gasteiger partial charge on any atom is 0.201 e. The third kappa shape index (κ3) is 4.90. The van der Waals surface area contributed by atoms with Crippen molar-refractivity contribution >= 4 is 17.2 Å². The summed E-state index contributed by atoms with van der Waals surface area (Å²) in [5, 5.41) is 22.5. The minimum Gasteiger partial charge on any atom is -0.506 e. The van der Waals surface area contributed by atoms with Crippen LogP contribution in [-0.4, -0.2) is 18.1 Å². The third-order valence-corrected chi connectivity index (χ3v) is 3.51. The molecule has 3 aromatic rings. The van der Waals surface area contributed by atoms with Crippen molar-refractivity contribution in [3.8, 4) is 11.5 Å². The average Bonchev–Trinajstić information content (AvgIpc) is 2.71. The quantitative estimate of drug-likeness (QED) is 0.215. The van der Waals surface area contributed by atoms with Gasteiger partial charge in [0.15, 0.2) is 5.75 Å². The average molecular weight is 362 g/mol. The Labute approximate surface area is 156 Å². The van der Waals surface area contributed by atoms with Gasteiger partial charge in [0.2, 0.25) is 5.84 Å². The van der Waals surface area contributed by atoms with Crippen LogP contribution in [0.5, 0.6) is 11.5 Å². The molecule has 0 aliphatic rings. The summed E-state index contributed by atoms with van der Waals surface area (Å²) in [6, 6.07) is 23.3. The molecule has 0 amide bonds. The lowest BCUT2D eigenvalue weighted by molar-refractivity contribution is -0.177. The molecule has 27 heavy (non-hydrogen) atoms. The molecule has 0 saturated carbocycles. The van der Waals surface area contributed by atoms with Gasteiger partial charge in [0.25, 0.3) is 0 Å². The van der Waals surface area contributed by atoms with Crippen LogP contribution in [0.15, 0.2) is 94.2 Å². The van der Waals surface area contributed by atoms with E-state index >= 15 is 0 Å². The molecule has 136 valence electrons. The topological polar surface area (TPSA) is 87.8 Å². The Morgan fingerprint density at radius 2 is 1.59 bits per heavy atom. The second kappa shape index (κ2) is 9.12. The molecule has 0 fully saturated rings. The van der Waals surface area contributed by atoms with Crippen LogP contribution in [0.25, 0.3) is 0 Å². The number of hydrazone groups is 1. The van der Waals surface area contributed by atoms with E-state index in [2.05, 4.69) is 20.8 Å². The van der Waals surface area contributed by atoms with Crippen molar-refractivity contribution in [2.45, 2.75) is 0 Å². The minimum atomic E-state index is 0.0421. The van der Waals surface area contributed by atoms with Crippen LogP contribution >= 0.6 is 0 Å². The monoisotopic (exact) mass is 362 g/mol. The Morgan fingerprint density at radius 1 is 0.889 bits per heavy atom. The number of hydrogen-bond donors (Lipinski definition) is 2. The lowest BCUT2D eigenvalue weighted by atomic mass is 10.2. The Bertz CT molecular complexity index is 943. The lowest BCUT2D eigenvalue weighted by Gasteiger charge is -2.08. The van der Waals surface area contributed by atoms with Gasteiger partial charge >= 0.3 is 0 Å². The first-order valence-corrected chi connectivity index (χ1v) is 8.16. The molecule has 0 bridgehead atoms. The number of nitrogens with zero attached hydrogens (tertiary/aromatic N) is 3. The second-order valence-electron chi connectivity index (χ2n) is 5.35. The molecule has 0 radical (unpaired) electrons. The van der Waals surface area contributed by atoms with Crippen molar-refractivity contribution in [3.63, 3.8) is 0 Å². The largest absolute Gasteiger partial charge is 0.506 e. The van der Waals surface area contributed by atoms with E-state index < -0.39 is 0 Å². The summed E-state index contributed by atoms with van der Waals surface area (Å²) in [7, 11) is 1.43. The summed E-state index contributed by atoms with van der Waals surface area (Å²) in [6.07, 6.45) is 0.